The molecule has 0 bridgehead atoms. The number of benzene rings is 3. The molecule has 0 radical (unpaired) electrons. The fourth-order valence-corrected chi connectivity index (χ4v) is 7.12. The minimum Gasteiger partial charge on any atom is -0.411 e. The van der Waals surface area contributed by atoms with E-state index in [2.05, 4.69) is 54.8 Å². The van der Waals surface area contributed by atoms with Gasteiger partial charge in [0.05, 0.1) is 11.1 Å². The molecule has 6 nitrogen and oxygen atoms in total. The highest BCUT2D eigenvalue weighted by atomic mass is 19.1. The molecule has 7 heteroatoms. The third-order valence-corrected chi connectivity index (χ3v) is 9.62. The second-order valence-corrected chi connectivity index (χ2v) is 12.7. The van der Waals surface area contributed by atoms with Gasteiger partial charge in [-0.05, 0) is 83.5 Å². The van der Waals surface area contributed by atoms with E-state index in [0.29, 0.717) is 36.6 Å². The molecule has 3 N–H and O–H groups in total. The fourth-order valence-electron chi connectivity index (χ4n) is 7.12. The Hall–Kier alpha value is -4.00. The highest BCUT2D eigenvalue weighted by Crippen LogP contribution is 2.57. The Morgan fingerprint density at radius 3 is 2.40 bits per heavy atom. The number of fused-ring (bicyclic) bond motifs is 3. The largest absolute Gasteiger partial charge is 0.411 e. The van der Waals surface area contributed by atoms with E-state index in [1.165, 1.54) is 29.8 Å². The molecule has 2 amide bonds. The highest BCUT2D eigenvalue weighted by Gasteiger charge is 2.56. The summed E-state index contributed by atoms with van der Waals surface area (Å²) in [5.74, 6) is -0.733. The molecule has 220 valence electrons. The molecule has 2 aliphatic rings. The molecule has 2 aliphatic carbocycles. The summed E-state index contributed by atoms with van der Waals surface area (Å²) < 4.78 is 13.5. The van der Waals surface area contributed by atoms with Gasteiger partial charge in [-0.1, -0.05) is 81.7 Å². The van der Waals surface area contributed by atoms with Gasteiger partial charge in [0.1, 0.15) is 11.9 Å². The van der Waals surface area contributed by atoms with Crippen molar-refractivity contribution < 1.29 is 19.2 Å². The zero-order valence-electron chi connectivity index (χ0n) is 24.8. The van der Waals surface area contributed by atoms with Crippen LogP contribution < -0.4 is 10.6 Å². The summed E-state index contributed by atoms with van der Waals surface area (Å²) in [6.45, 7) is 8.51. The number of amides is 2. The monoisotopic (exact) mass is 569 g/mol. The third-order valence-electron chi connectivity index (χ3n) is 9.62. The van der Waals surface area contributed by atoms with Crippen molar-refractivity contribution in [2.45, 2.75) is 77.2 Å². The van der Waals surface area contributed by atoms with Crippen LogP contribution in [0.3, 0.4) is 0 Å². The minimum absolute atomic E-state index is 0.125. The molecule has 1 fully saturated rings. The van der Waals surface area contributed by atoms with Crippen molar-refractivity contribution in [1.29, 1.82) is 0 Å². The summed E-state index contributed by atoms with van der Waals surface area (Å²) in [5.41, 5.74) is 4.14. The van der Waals surface area contributed by atoms with Crippen LogP contribution in [-0.4, -0.2) is 28.8 Å². The Morgan fingerprint density at radius 1 is 1.02 bits per heavy atom. The standard InChI is InChI=1S/C35H40FN3O3/c1-22(2)24-11-16-28-27(20-24)29(39-42)21-31-34(28,3)17-8-18-35(31,4)33(41)38-30(19-23-9-6-5-7-10-23)32(40)37-26-14-12-25(36)13-15-26/h5-7,9-16,20,22,30-31,42H,8,17-19,21H2,1-4H3,(H,37,40)(H,38,41)/b39-29-/t30-,31-,34-,35-/m1/s1. The van der Waals surface area contributed by atoms with Crippen molar-refractivity contribution in [2.75, 3.05) is 5.32 Å². The third kappa shape index (κ3) is 5.57. The number of rotatable bonds is 7. The Kier molecular flexibility index (Phi) is 8.22. The van der Waals surface area contributed by atoms with E-state index >= 15 is 0 Å². The van der Waals surface area contributed by atoms with Crippen LogP contribution in [0.25, 0.3) is 0 Å². The molecule has 4 atom stereocenters. The number of carbonyl (C=O) groups excluding carboxylic acids is 2. The number of hydrogen-bond donors (Lipinski definition) is 3. The maximum atomic E-state index is 14.3. The van der Waals surface area contributed by atoms with Crippen LogP contribution >= 0.6 is 0 Å². The molecule has 0 aliphatic heterocycles. The molecule has 3 aromatic rings. The second kappa shape index (κ2) is 11.7. The summed E-state index contributed by atoms with van der Waals surface area (Å²) >= 11 is 0. The quantitative estimate of drug-likeness (QED) is 0.212. The normalized spacial score (nSPS) is 24.9. The number of hydrogen-bond acceptors (Lipinski definition) is 4. The maximum Gasteiger partial charge on any atom is 0.247 e. The lowest BCUT2D eigenvalue weighted by molar-refractivity contribution is -0.140. The lowest BCUT2D eigenvalue weighted by Gasteiger charge is -2.54. The summed E-state index contributed by atoms with van der Waals surface area (Å²) in [5, 5.41) is 19.8. The van der Waals surface area contributed by atoms with Gasteiger partial charge in [-0.2, -0.15) is 0 Å². The van der Waals surface area contributed by atoms with Crippen molar-refractivity contribution in [1.82, 2.24) is 5.32 Å². The predicted octanol–water partition coefficient (Wildman–Crippen LogP) is 6.96. The first-order valence-electron chi connectivity index (χ1n) is 14.8. The summed E-state index contributed by atoms with van der Waals surface area (Å²) in [6.07, 6.45) is 3.22. The Balaban J connectivity index is 1.46. The maximum absolute atomic E-state index is 14.3. The van der Waals surface area contributed by atoms with Gasteiger partial charge in [-0.15, -0.1) is 0 Å². The Labute approximate surface area is 247 Å². The van der Waals surface area contributed by atoms with Crippen molar-refractivity contribution in [2.24, 2.45) is 16.5 Å². The molecule has 1 saturated carbocycles. The molecule has 0 spiro atoms. The summed E-state index contributed by atoms with van der Waals surface area (Å²) in [6, 6.07) is 20.7. The molecule has 0 aromatic heterocycles. The lowest BCUT2D eigenvalue weighted by atomic mass is 9.49. The molecule has 0 saturated heterocycles. The van der Waals surface area contributed by atoms with Crippen LogP contribution in [0.5, 0.6) is 0 Å². The number of carbonyl (C=O) groups is 2. The summed E-state index contributed by atoms with van der Waals surface area (Å²) in [7, 11) is 0. The zero-order valence-corrected chi connectivity index (χ0v) is 24.8. The van der Waals surface area contributed by atoms with Crippen molar-refractivity contribution >= 4 is 23.2 Å². The molecule has 3 aromatic carbocycles. The average molecular weight is 570 g/mol. The van der Waals surface area contributed by atoms with Crippen molar-refractivity contribution in [3.63, 3.8) is 0 Å². The van der Waals surface area contributed by atoms with Crippen LogP contribution in [-0.2, 0) is 21.4 Å². The number of nitrogens with zero attached hydrogens (tertiary/aromatic N) is 1. The molecule has 5 rings (SSSR count). The van der Waals surface area contributed by atoms with E-state index in [9.17, 15) is 19.2 Å². The van der Waals surface area contributed by atoms with Crippen LogP contribution in [0.15, 0.2) is 78.0 Å². The molecule has 42 heavy (non-hydrogen) atoms. The second-order valence-electron chi connectivity index (χ2n) is 12.7. The molecule has 0 unspecified atom stereocenters. The highest BCUT2D eigenvalue weighted by molar-refractivity contribution is 6.04. The zero-order chi connectivity index (χ0) is 30.1. The van der Waals surface area contributed by atoms with Crippen molar-refractivity contribution in [3.05, 3.63) is 101 Å². The summed E-state index contributed by atoms with van der Waals surface area (Å²) in [4.78, 5) is 27.9. The first kappa shape index (κ1) is 29.5. The minimum atomic E-state index is -0.842. The van der Waals surface area contributed by atoms with E-state index in [1.54, 1.807) is 0 Å². The van der Waals surface area contributed by atoms with Gasteiger partial charge in [0, 0.05) is 17.7 Å². The Bertz CT molecular complexity index is 1490. The van der Waals surface area contributed by atoms with Gasteiger partial charge in [0.25, 0.3) is 0 Å². The van der Waals surface area contributed by atoms with Gasteiger partial charge in [0.15, 0.2) is 0 Å². The number of nitrogens with one attached hydrogen (secondary N) is 2. The van der Waals surface area contributed by atoms with Crippen LogP contribution in [0, 0.1) is 17.2 Å². The average Bonchev–Trinajstić information content (AvgIpc) is 2.98. The molecular formula is C35H40FN3O3. The fraction of sp³-hybridized carbons (Fsp3) is 0.400. The van der Waals surface area contributed by atoms with Crippen LogP contribution in [0.2, 0.25) is 0 Å². The van der Waals surface area contributed by atoms with Gasteiger partial charge < -0.3 is 15.8 Å². The Morgan fingerprint density at radius 2 is 1.74 bits per heavy atom. The van der Waals surface area contributed by atoms with Crippen molar-refractivity contribution in [3.8, 4) is 0 Å². The van der Waals surface area contributed by atoms with E-state index in [0.717, 1.165) is 29.5 Å². The predicted molar refractivity (Wildman–Crippen MR) is 163 cm³/mol. The number of anilines is 1. The van der Waals surface area contributed by atoms with Gasteiger partial charge in [-0.25, -0.2) is 4.39 Å². The SMILES string of the molecule is CC(C)c1ccc2c(c1)/C(=N\O)C[C@H]1[C@](C)(C(=O)N[C@H](Cc3ccccc3)C(=O)Nc3ccc(F)cc3)CCC[C@]21C. The van der Waals surface area contributed by atoms with Gasteiger partial charge in [0.2, 0.25) is 11.8 Å². The molecular weight excluding hydrogens is 529 g/mol. The van der Waals surface area contributed by atoms with Crippen LogP contribution in [0.4, 0.5) is 10.1 Å². The van der Waals surface area contributed by atoms with E-state index in [-0.39, 0.29) is 23.1 Å². The van der Waals surface area contributed by atoms with E-state index in [4.69, 9.17) is 0 Å². The van der Waals surface area contributed by atoms with Gasteiger partial charge >= 0.3 is 0 Å². The van der Waals surface area contributed by atoms with E-state index in [1.807, 2.05) is 37.3 Å². The number of oxime groups is 1. The lowest BCUT2D eigenvalue weighted by Crippen LogP contribution is -2.58. The first-order valence-corrected chi connectivity index (χ1v) is 14.8. The van der Waals surface area contributed by atoms with E-state index < -0.39 is 17.3 Å². The molecule has 0 heterocycles. The topological polar surface area (TPSA) is 90.8 Å². The number of halogens is 1. The smallest absolute Gasteiger partial charge is 0.247 e. The first-order chi connectivity index (χ1) is 20.0. The van der Waals surface area contributed by atoms with Crippen LogP contribution in [0.1, 0.15) is 81.5 Å². The van der Waals surface area contributed by atoms with Gasteiger partial charge in [-0.3, -0.25) is 9.59 Å².